The van der Waals surface area contributed by atoms with Crippen molar-refractivity contribution in [2.24, 2.45) is 0 Å². The lowest BCUT2D eigenvalue weighted by Crippen LogP contribution is -2.43. The molecular formula is C12H13N3O4S. The Kier molecular flexibility index (Phi) is 3.84. The Labute approximate surface area is 118 Å². The number of nitrogens with zero attached hydrogens (tertiary/aromatic N) is 3. The van der Waals surface area contributed by atoms with E-state index in [0.29, 0.717) is 4.96 Å². The largest absolute Gasteiger partial charge is 0.480 e. The van der Waals surface area contributed by atoms with E-state index in [1.54, 1.807) is 19.2 Å². The van der Waals surface area contributed by atoms with Crippen LogP contribution in [-0.4, -0.2) is 43.9 Å². The van der Waals surface area contributed by atoms with Crippen LogP contribution in [-0.2, 0) is 4.79 Å². The van der Waals surface area contributed by atoms with E-state index in [-0.39, 0.29) is 11.6 Å². The first-order valence-electron chi connectivity index (χ1n) is 5.89. The molecule has 2 heterocycles. The second-order valence-electron chi connectivity index (χ2n) is 4.45. The van der Waals surface area contributed by atoms with Gasteiger partial charge in [0, 0.05) is 23.8 Å². The molecule has 1 amide bonds. The van der Waals surface area contributed by atoms with Crippen LogP contribution in [0.25, 0.3) is 4.96 Å². The van der Waals surface area contributed by atoms with Crippen molar-refractivity contribution in [3.05, 3.63) is 33.7 Å². The van der Waals surface area contributed by atoms with Crippen LogP contribution in [0.15, 0.2) is 22.6 Å². The topological polar surface area (TPSA) is 92.0 Å². The lowest BCUT2D eigenvalue weighted by Gasteiger charge is -2.24. The molecule has 0 spiro atoms. The number of carboxylic acid groups (broad SMARTS) is 1. The summed E-state index contributed by atoms with van der Waals surface area (Å²) in [6.45, 7) is 2.92. The Bertz CT molecular complexity index is 719. The Morgan fingerprint density at radius 1 is 1.50 bits per heavy atom. The van der Waals surface area contributed by atoms with Crippen molar-refractivity contribution in [2.45, 2.75) is 19.9 Å². The van der Waals surface area contributed by atoms with E-state index in [1.807, 2.05) is 0 Å². The quantitative estimate of drug-likeness (QED) is 0.896. The van der Waals surface area contributed by atoms with Crippen molar-refractivity contribution >= 4 is 28.2 Å². The summed E-state index contributed by atoms with van der Waals surface area (Å²) in [5.74, 6) is -1.75. The lowest BCUT2D eigenvalue weighted by molar-refractivity contribution is -0.138. The minimum absolute atomic E-state index is 0.129. The molecule has 0 saturated carbocycles. The van der Waals surface area contributed by atoms with Crippen molar-refractivity contribution in [2.75, 3.05) is 6.54 Å². The third-order valence-electron chi connectivity index (χ3n) is 2.76. The highest BCUT2D eigenvalue weighted by Gasteiger charge is 2.24. The van der Waals surface area contributed by atoms with E-state index in [0.717, 1.165) is 4.90 Å². The van der Waals surface area contributed by atoms with Gasteiger partial charge in [0.2, 0.25) is 0 Å². The number of hydrogen-bond acceptors (Lipinski definition) is 5. The lowest BCUT2D eigenvalue weighted by atomic mass is 10.2. The minimum atomic E-state index is -1.13. The SMILES string of the molecule is CC(C)N(CC(=O)O)C(=O)c1cnc2sccn2c1=O. The van der Waals surface area contributed by atoms with Gasteiger partial charge in [0.05, 0.1) is 0 Å². The van der Waals surface area contributed by atoms with Gasteiger partial charge in [-0.2, -0.15) is 0 Å². The summed E-state index contributed by atoms with van der Waals surface area (Å²) < 4.78 is 1.27. The average Bonchev–Trinajstić information content (AvgIpc) is 2.84. The number of carboxylic acids is 1. The van der Waals surface area contributed by atoms with E-state index in [9.17, 15) is 14.4 Å². The van der Waals surface area contributed by atoms with Gasteiger partial charge in [0.15, 0.2) is 4.96 Å². The van der Waals surface area contributed by atoms with Gasteiger partial charge in [-0.05, 0) is 13.8 Å². The fraction of sp³-hybridized carbons (Fsp3) is 0.333. The summed E-state index contributed by atoms with van der Waals surface area (Å²) in [5.41, 5.74) is -0.617. The molecule has 106 valence electrons. The van der Waals surface area contributed by atoms with Crippen molar-refractivity contribution < 1.29 is 14.7 Å². The normalized spacial score (nSPS) is 10.9. The molecule has 7 nitrogen and oxygen atoms in total. The highest BCUT2D eigenvalue weighted by Crippen LogP contribution is 2.09. The summed E-state index contributed by atoms with van der Waals surface area (Å²) >= 11 is 1.28. The molecule has 0 bridgehead atoms. The van der Waals surface area contributed by atoms with Crippen molar-refractivity contribution in [3.8, 4) is 0 Å². The molecule has 0 saturated heterocycles. The molecule has 0 unspecified atom stereocenters. The highest BCUT2D eigenvalue weighted by molar-refractivity contribution is 7.15. The zero-order valence-corrected chi connectivity index (χ0v) is 11.8. The Hall–Kier alpha value is -2.22. The molecule has 1 N–H and O–H groups in total. The van der Waals surface area contributed by atoms with Crippen LogP contribution in [0.1, 0.15) is 24.2 Å². The summed E-state index contributed by atoms with van der Waals surface area (Å²) in [5, 5.41) is 10.5. The Morgan fingerprint density at radius 2 is 2.20 bits per heavy atom. The smallest absolute Gasteiger partial charge is 0.323 e. The van der Waals surface area contributed by atoms with E-state index < -0.39 is 24.0 Å². The number of rotatable bonds is 4. The highest BCUT2D eigenvalue weighted by atomic mass is 32.1. The van der Waals surface area contributed by atoms with Crippen LogP contribution in [0.2, 0.25) is 0 Å². The number of carbonyl (C=O) groups excluding carboxylic acids is 1. The molecule has 0 fully saturated rings. The molecule has 0 aliphatic heterocycles. The first kappa shape index (κ1) is 14.2. The van der Waals surface area contributed by atoms with Crippen molar-refractivity contribution in [1.29, 1.82) is 0 Å². The number of amides is 1. The van der Waals surface area contributed by atoms with Gasteiger partial charge in [0.1, 0.15) is 12.1 Å². The summed E-state index contributed by atoms with van der Waals surface area (Å²) in [6, 6.07) is -0.332. The summed E-state index contributed by atoms with van der Waals surface area (Å²) in [7, 11) is 0. The van der Waals surface area contributed by atoms with Crippen molar-refractivity contribution in [3.63, 3.8) is 0 Å². The molecular weight excluding hydrogens is 282 g/mol. The van der Waals surface area contributed by atoms with Gasteiger partial charge < -0.3 is 10.0 Å². The van der Waals surface area contributed by atoms with E-state index >= 15 is 0 Å². The molecule has 0 aliphatic carbocycles. The maximum Gasteiger partial charge on any atom is 0.323 e. The first-order chi connectivity index (χ1) is 9.41. The summed E-state index contributed by atoms with van der Waals surface area (Å²) in [6.07, 6.45) is 2.73. The zero-order chi connectivity index (χ0) is 14.9. The monoisotopic (exact) mass is 295 g/mol. The van der Waals surface area contributed by atoms with Crippen LogP contribution >= 0.6 is 11.3 Å². The number of fused-ring (bicyclic) bond motifs is 1. The molecule has 20 heavy (non-hydrogen) atoms. The molecule has 8 heteroatoms. The van der Waals surface area contributed by atoms with Gasteiger partial charge in [-0.25, -0.2) is 4.98 Å². The van der Waals surface area contributed by atoms with Gasteiger partial charge in [0.25, 0.3) is 11.5 Å². The predicted octanol–water partition coefficient (Wildman–Crippen LogP) is 0.691. The second-order valence-corrected chi connectivity index (χ2v) is 5.33. The van der Waals surface area contributed by atoms with E-state index in [1.165, 1.54) is 28.1 Å². The standard InChI is InChI=1S/C12H13N3O4S/c1-7(2)15(6-9(16)17)11(19)8-5-13-12-14(10(8)18)3-4-20-12/h3-5,7H,6H2,1-2H3,(H,16,17). The molecule has 0 aliphatic rings. The Balaban J connectivity index is 2.46. The van der Waals surface area contributed by atoms with E-state index in [4.69, 9.17) is 5.11 Å². The van der Waals surface area contributed by atoms with Gasteiger partial charge in [-0.15, -0.1) is 11.3 Å². The third-order valence-corrected chi connectivity index (χ3v) is 3.53. The molecule has 0 atom stereocenters. The third kappa shape index (κ3) is 2.55. The van der Waals surface area contributed by atoms with Crippen LogP contribution in [0.3, 0.4) is 0 Å². The van der Waals surface area contributed by atoms with E-state index in [2.05, 4.69) is 4.98 Å². The van der Waals surface area contributed by atoms with Crippen LogP contribution in [0, 0.1) is 0 Å². The number of thiazole rings is 1. The number of aromatic nitrogens is 2. The fourth-order valence-electron chi connectivity index (χ4n) is 1.76. The average molecular weight is 295 g/mol. The molecule has 0 aromatic carbocycles. The first-order valence-corrected chi connectivity index (χ1v) is 6.77. The molecule has 2 aromatic heterocycles. The van der Waals surface area contributed by atoms with Crippen molar-refractivity contribution in [1.82, 2.24) is 14.3 Å². The molecule has 2 rings (SSSR count). The number of aliphatic carboxylic acids is 1. The van der Waals surface area contributed by atoms with Crippen LogP contribution in [0.4, 0.5) is 0 Å². The van der Waals surface area contributed by atoms with Crippen LogP contribution < -0.4 is 5.56 Å². The molecule has 0 radical (unpaired) electrons. The van der Waals surface area contributed by atoms with Gasteiger partial charge >= 0.3 is 5.97 Å². The minimum Gasteiger partial charge on any atom is -0.480 e. The van der Waals surface area contributed by atoms with Crippen LogP contribution in [0.5, 0.6) is 0 Å². The maximum atomic E-state index is 12.3. The molecule has 2 aromatic rings. The van der Waals surface area contributed by atoms with Gasteiger partial charge in [-0.3, -0.25) is 18.8 Å². The second kappa shape index (κ2) is 5.41. The van der Waals surface area contributed by atoms with Gasteiger partial charge in [-0.1, -0.05) is 0 Å². The predicted molar refractivity (Wildman–Crippen MR) is 73.1 cm³/mol. The fourth-order valence-corrected chi connectivity index (χ4v) is 2.44. The number of carbonyl (C=O) groups is 2. The summed E-state index contributed by atoms with van der Waals surface area (Å²) in [4.78, 5) is 41.0. The zero-order valence-electron chi connectivity index (χ0n) is 10.9. The Morgan fingerprint density at radius 3 is 2.80 bits per heavy atom. The maximum absolute atomic E-state index is 12.3. The number of hydrogen-bond donors (Lipinski definition) is 1.